The molecule has 1 saturated heterocycles. The number of ketones is 1. The molecule has 0 bridgehead atoms. The van der Waals surface area contributed by atoms with Crippen molar-refractivity contribution in [2.45, 2.75) is 18.9 Å². The van der Waals surface area contributed by atoms with Crippen LogP contribution in [0.3, 0.4) is 0 Å². The van der Waals surface area contributed by atoms with Gasteiger partial charge in [0.05, 0.1) is 25.8 Å². The van der Waals surface area contributed by atoms with Crippen LogP contribution in [0, 0.1) is 5.82 Å². The number of hydrogen-bond acceptors (Lipinski definition) is 4. The van der Waals surface area contributed by atoms with Crippen LogP contribution >= 0.6 is 0 Å². The predicted octanol–water partition coefficient (Wildman–Crippen LogP) is 1.78. The fraction of sp³-hybridized carbons (Fsp3) is 0.462. The Labute approximate surface area is 105 Å². The van der Waals surface area contributed by atoms with Crippen molar-refractivity contribution in [3.8, 4) is 11.5 Å². The van der Waals surface area contributed by atoms with Gasteiger partial charge in [-0.3, -0.25) is 4.79 Å². The molecule has 0 aliphatic carbocycles. The van der Waals surface area contributed by atoms with Gasteiger partial charge in [-0.1, -0.05) is 0 Å². The average molecular weight is 253 g/mol. The number of nitrogens with one attached hydrogen (secondary N) is 1. The summed E-state index contributed by atoms with van der Waals surface area (Å²) in [4.78, 5) is 12.1. The van der Waals surface area contributed by atoms with Gasteiger partial charge in [0.15, 0.2) is 17.3 Å². The molecule has 0 radical (unpaired) electrons. The first-order valence-corrected chi connectivity index (χ1v) is 5.86. The summed E-state index contributed by atoms with van der Waals surface area (Å²) in [5.41, 5.74) is 0.0482. The summed E-state index contributed by atoms with van der Waals surface area (Å²) >= 11 is 0. The fourth-order valence-corrected chi connectivity index (χ4v) is 2.14. The van der Waals surface area contributed by atoms with Gasteiger partial charge in [0.2, 0.25) is 0 Å². The molecule has 18 heavy (non-hydrogen) atoms. The van der Waals surface area contributed by atoms with E-state index in [1.165, 1.54) is 26.4 Å². The molecule has 1 aliphatic heterocycles. The number of Topliss-reactive ketones (excluding diaryl/α,β-unsaturated/α-hetero) is 1. The van der Waals surface area contributed by atoms with Crippen LogP contribution in [0.5, 0.6) is 11.5 Å². The minimum absolute atomic E-state index is 0.0482. The summed E-state index contributed by atoms with van der Waals surface area (Å²) < 4.78 is 23.9. The van der Waals surface area contributed by atoms with Crippen molar-refractivity contribution in [1.82, 2.24) is 5.32 Å². The highest BCUT2D eigenvalue weighted by molar-refractivity contribution is 6.01. The molecular formula is C13H16FNO3. The second kappa shape index (κ2) is 5.35. The van der Waals surface area contributed by atoms with Crippen LogP contribution in [0.15, 0.2) is 12.1 Å². The molecule has 1 unspecified atom stereocenters. The molecule has 2 rings (SSSR count). The molecule has 1 fully saturated rings. The number of carbonyl (C=O) groups is 1. The maximum absolute atomic E-state index is 13.9. The molecular weight excluding hydrogens is 237 g/mol. The van der Waals surface area contributed by atoms with E-state index in [0.717, 1.165) is 19.4 Å². The average Bonchev–Trinajstić information content (AvgIpc) is 2.91. The Morgan fingerprint density at radius 2 is 2.00 bits per heavy atom. The third-order valence-corrected chi connectivity index (χ3v) is 3.12. The Bertz CT molecular complexity index is 456. The Morgan fingerprint density at radius 1 is 1.33 bits per heavy atom. The minimum atomic E-state index is -0.577. The third kappa shape index (κ3) is 2.31. The van der Waals surface area contributed by atoms with E-state index in [1.54, 1.807) is 0 Å². The molecule has 1 aromatic rings. The van der Waals surface area contributed by atoms with Crippen LogP contribution in [-0.2, 0) is 0 Å². The molecule has 1 atom stereocenters. The van der Waals surface area contributed by atoms with Gasteiger partial charge in [0.1, 0.15) is 5.82 Å². The molecule has 0 aromatic heterocycles. The number of rotatable bonds is 4. The third-order valence-electron chi connectivity index (χ3n) is 3.12. The quantitative estimate of drug-likeness (QED) is 0.831. The highest BCUT2D eigenvalue weighted by Gasteiger charge is 2.26. The van der Waals surface area contributed by atoms with E-state index in [4.69, 9.17) is 9.47 Å². The Morgan fingerprint density at radius 3 is 2.56 bits per heavy atom. The summed E-state index contributed by atoms with van der Waals surface area (Å²) in [6.07, 6.45) is 1.68. The van der Waals surface area contributed by atoms with E-state index in [1.807, 2.05) is 0 Å². The second-order valence-corrected chi connectivity index (χ2v) is 4.20. The van der Waals surface area contributed by atoms with Crippen LogP contribution in [0.2, 0.25) is 0 Å². The van der Waals surface area contributed by atoms with Crippen molar-refractivity contribution >= 4 is 5.78 Å². The van der Waals surface area contributed by atoms with E-state index >= 15 is 0 Å². The molecule has 1 aromatic carbocycles. The Hall–Kier alpha value is -1.62. The molecule has 1 heterocycles. The molecule has 1 aliphatic rings. The van der Waals surface area contributed by atoms with E-state index in [-0.39, 0.29) is 23.1 Å². The first kappa shape index (κ1) is 12.8. The lowest BCUT2D eigenvalue weighted by molar-refractivity contribution is 0.0948. The summed E-state index contributed by atoms with van der Waals surface area (Å²) in [5, 5.41) is 3.06. The number of methoxy groups -OCH3 is 2. The van der Waals surface area contributed by atoms with Gasteiger partial charge in [-0.05, 0) is 25.5 Å². The van der Waals surface area contributed by atoms with Crippen molar-refractivity contribution in [2.24, 2.45) is 0 Å². The van der Waals surface area contributed by atoms with Crippen molar-refractivity contribution < 1.29 is 18.7 Å². The first-order valence-electron chi connectivity index (χ1n) is 5.86. The van der Waals surface area contributed by atoms with Crippen molar-refractivity contribution in [1.29, 1.82) is 0 Å². The second-order valence-electron chi connectivity index (χ2n) is 4.20. The van der Waals surface area contributed by atoms with Gasteiger partial charge < -0.3 is 14.8 Å². The lowest BCUT2D eigenvalue weighted by Crippen LogP contribution is -2.31. The van der Waals surface area contributed by atoms with Crippen molar-refractivity contribution in [3.05, 3.63) is 23.5 Å². The Kier molecular flexibility index (Phi) is 3.81. The fourth-order valence-electron chi connectivity index (χ4n) is 2.14. The van der Waals surface area contributed by atoms with Crippen LogP contribution < -0.4 is 14.8 Å². The van der Waals surface area contributed by atoms with Crippen LogP contribution in [0.4, 0.5) is 4.39 Å². The summed E-state index contributed by atoms with van der Waals surface area (Å²) in [7, 11) is 2.88. The van der Waals surface area contributed by atoms with Crippen LogP contribution in [-0.4, -0.2) is 32.6 Å². The van der Waals surface area contributed by atoms with E-state index < -0.39 is 5.82 Å². The number of hydrogen-bond donors (Lipinski definition) is 1. The number of ether oxygens (including phenoxy) is 2. The van der Waals surface area contributed by atoms with Crippen molar-refractivity contribution in [3.63, 3.8) is 0 Å². The largest absolute Gasteiger partial charge is 0.493 e. The van der Waals surface area contributed by atoms with Crippen molar-refractivity contribution in [2.75, 3.05) is 20.8 Å². The summed E-state index contributed by atoms with van der Waals surface area (Å²) in [5.74, 6) is -0.163. The number of benzene rings is 1. The van der Waals surface area contributed by atoms with Crippen LogP contribution in [0.25, 0.3) is 0 Å². The maximum Gasteiger partial charge on any atom is 0.182 e. The SMILES string of the molecule is COc1cc(F)c(C(=O)C2CCCN2)cc1OC. The first-order chi connectivity index (χ1) is 8.67. The standard InChI is InChI=1S/C13H16FNO3/c1-17-11-6-8(9(14)7-12(11)18-2)13(16)10-4-3-5-15-10/h6-7,10,15H,3-5H2,1-2H3. The summed E-state index contributed by atoms with van der Waals surface area (Å²) in [6, 6.07) is 2.29. The number of halogens is 1. The molecule has 1 N–H and O–H groups in total. The lowest BCUT2D eigenvalue weighted by atomic mass is 10.0. The van der Waals surface area contributed by atoms with Gasteiger partial charge in [0, 0.05) is 6.07 Å². The maximum atomic E-state index is 13.9. The minimum Gasteiger partial charge on any atom is -0.493 e. The molecule has 4 nitrogen and oxygen atoms in total. The van der Waals surface area contributed by atoms with Gasteiger partial charge >= 0.3 is 0 Å². The van der Waals surface area contributed by atoms with E-state index in [2.05, 4.69) is 5.32 Å². The van der Waals surface area contributed by atoms with Crippen LogP contribution in [0.1, 0.15) is 23.2 Å². The normalized spacial score (nSPS) is 18.7. The zero-order valence-corrected chi connectivity index (χ0v) is 10.5. The zero-order chi connectivity index (χ0) is 13.1. The van der Waals surface area contributed by atoms with Gasteiger partial charge in [-0.2, -0.15) is 0 Å². The molecule has 5 heteroatoms. The monoisotopic (exact) mass is 253 g/mol. The zero-order valence-electron chi connectivity index (χ0n) is 10.5. The topological polar surface area (TPSA) is 47.6 Å². The summed E-state index contributed by atoms with van der Waals surface area (Å²) in [6.45, 7) is 0.797. The van der Waals surface area contributed by atoms with Gasteiger partial charge in [0.25, 0.3) is 0 Å². The highest BCUT2D eigenvalue weighted by atomic mass is 19.1. The molecule has 98 valence electrons. The van der Waals surface area contributed by atoms with E-state index in [9.17, 15) is 9.18 Å². The van der Waals surface area contributed by atoms with Gasteiger partial charge in [-0.15, -0.1) is 0 Å². The smallest absolute Gasteiger partial charge is 0.182 e. The molecule has 0 amide bonds. The van der Waals surface area contributed by atoms with Gasteiger partial charge in [-0.25, -0.2) is 4.39 Å². The Balaban J connectivity index is 2.34. The van der Waals surface area contributed by atoms with E-state index in [0.29, 0.717) is 5.75 Å². The lowest BCUT2D eigenvalue weighted by Gasteiger charge is -2.13. The predicted molar refractivity (Wildman–Crippen MR) is 64.9 cm³/mol. The number of carbonyl (C=O) groups excluding carboxylic acids is 1. The molecule has 0 saturated carbocycles. The highest BCUT2D eigenvalue weighted by Crippen LogP contribution is 2.30. The molecule has 0 spiro atoms.